The molecule has 1 aromatic carbocycles. The summed E-state index contributed by atoms with van der Waals surface area (Å²) in [5, 5.41) is 0.614. The zero-order valence-electron chi connectivity index (χ0n) is 15.4. The number of halogens is 2. The van der Waals surface area contributed by atoms with E-state index in [1.807, 2.05) is 12.1 Å². The van der Waals surface area contributed by atoms with Gasteiger partial charge in [-0.15, -0.1) is 0 Å². The first-order valence-corrected chi connectivity index (χ1v) is 9.96. The SMILES string of the molecule is CCCC(CCC)Oc1nc(Br)c(Cc2ccc(OC)cc2Cl)nc1N. The number of nitrogens with zero attached hydrogens (tertiary/aromatic N) is 2. The lowest BCUT2D eigenvalue weighted by atomic mass is 10.1. The summed E-state index contributed by atoms with van der Waals surface area (Å²) < 4.78 is 11.8. The summed E-state index contributed by atoms with van der Waals surface area (Å²) in [4.78, 5) is 8.95. The van der Waals surface area contributed by atoms with E-state index >= 15 is 0 Å². The van der Waals surface area contributed by atoms with E-state index in [9.17, 15) is 0 Å². The molecule has 0 aliphatic rings. The fourth-order valence-electron chi connectivity index (χ4n) is 2.69. The molecule has 0 spiro atoms. The molecule has 0 fully saturated rings. The molecular weight excluding hydrogens is 418 g/mol. The van der Waals surface area contributed by atoms with Crippen molar-refractivity contribution in [3.05, 3.63) is 39.1 Å². The monoisotopic (exact) mass is 441 g/mol. The lowest BCUT2D eigenvalue weighted by Crippen LogP contribution is -2.18. The highest BCUT2D eigenvalue weighted by Gasteiger charge is 2.17. The van der Waals surface area contributed by atoms with Gasteiger partial charge in [-0.25, -0.2) is 9.97 Å². The molecule has 0 saturated carbocycles. The summed E-state index contributed by atoms with van der Waals surface area (Å²) >= 11 is 9.80. The predicted molar refractivity (Wildman–Crippen MR) is 109 cm³/mol. The average molecular weight is 443 g/mol. The molecule has 7 heteroatoms. The zero-order valence-corrected chi connectivity index (χ0v) is 17.7. The van der Waals surface area contributed by atoms with Crippen LogP contribution in [0.4, 0.5) is 5.82 Å². The number of anilines is 1. The summed E-state index contributed by atoms with van der Waals surface area (Å²) in [5.41, 5.74) is 7.73. The number of nitrogen functional groups attached to an aromatic ring is 1. The van der Waals surface area contributed by atoms with E-state index in [1.54, 1.807) is 13.2 Å². The first kappa shape index (κ1) is 20.8. The normalized spacial score (nSPS) is 11.0. The third-order valence-electron chi connectivity index (χ3n) is 4.03. The largest absolute Gasteiger partial charge is 0.497 e. The van der Waals surface area contributed by atoms with Gasteiger partial charge in [0.05, 0.1) is 12.8 Å². The summed E-state index contributed by atoms with van der Waals surface area (Å²) in [5.74, 6) is 1.39. The summed E-state index contributed by atoms with van der Waals surface area (Å²) in [7, 11) is 1.61. The van der Waals surface area contributed by atoms with Crippen molar-refractivity contribution in [2.45, 2.75) is 52.1 Å². The lowest BCUT2D eigenvalue weighted by Gasteiger charge is -2.18. The molecule has 2 rings (SSSR count). The van der Waals surface area contributed by atoms with Crippen molar-refractivity contribution < 1.29 is 9.47 Å². The van der Waals surface area contributed by atoms with Crippen LogP contribution < -0.4 is 15.2 Å². The number of ether oxygens (including phenoxy) is 2. The van der Waals surface area contributed by atoms with Gasteiger partial charge in [-0.1, -0.05) is 44.4 Å². The number of aromatic nitrogens is 2. The van der Waals surface area contributed by atoms with Gasteiger partial charge in [-0.2, -0.15) is 0 Å². The summed E-state index contributed by atoms with van der Waals surface area (Å²) in [6.45, 7) is 4.28. The zero-order chi connectivity index (χ0) is 19.1. The number of hydrogen-bond donors (Lipinski definition) is 1. The van der Waals surface area contributed by atoms with Crippen LogP contribution >= 0.6 is 27.5 Å². The van der Waals surface area contributed by atoms with Gasteiger partial charge in [0.1, 0.15) is 16.5 Å². The van der Waals surface area contributed by atoms with Gasteiger partial charge in [-0.05, 0) is 46.5 Å². The number of methoxy groups -OCH3 is 1. The van der Waals surface area contributed by atoms with Crippen LogP contribution in [0.15, 0.2) is 22.8 Å². The number of nitrogens with two attached hydrogens (primary N) is 1. The van der Waals surface area contributed by atoms with Crippen molar-refractivity contribution >= 4 is 33.3 Å². The smallest absolute Gasteiger partial charge is 0.258 e. The van der Waals surface area contributed by atoms with Gasteiger partial charge in [0.2, 0.25) is 0 Å². The van der Waals surface area contributed by atoms with E-state index in [-0.39, 0.29) is 6.10 Å². The maximum Gasteiger partial charge on any atom is 0.258 e. The quantitative estimate of drug-likeness (QED) is 0.561. The van der Waals surface area contributed by atoms with Gasteiger partial charge >= 0.3 is 0 Å². The fraction of sp³-hybridized carbons (Fsp3) is 0.474. The standard InChI is InChI=1S/C19H25BrClN3O2/c1-4-6-13(7-5-2)26-19-18(22)23-16(17(20)24-19)10-12-8-9-14(25-3)11-15(12)21/h8-9,11,13H,4-7,10H2,1-3H3,(H2,22,23). The molecule has 0 radical (unpaired) electrons. The third kappa shape index (κ3) is 5.48. The summed E-state index contributed by atoms with van der Waals surface area (Å²) in [6, 6.07) is 5.55. The first-order chi connectivity index (χ1) is 12.5. The van der Waals surface area contributed by atoms with Gasteiger partial charge in [0, 0.05) is 11.4 Å². The van der Waals surface area contributed by atoms with E-state index < -0.39 is 0 Å². The van der Waals surface area contributed by atoms with Crippen LogP contribution in [0.25, 0.3) is 0 Å². The Bertz CT molecular complexity index is 737. The molecule has 0 aliphatic heterocycles. The van der Waals surface area contributed by atoms with Crippen molar-refractivity contribution in [2.75, 3.05) is 12.8 Å². The van der Waals surface area contributed by atoms with Crippen molar-refractivity contribution in [3.8, 4) is 11.6 Å². The first-order valence-electron chi connectivity index (χ1n) is 8.79. The molecule has 142 valence electrons. The second-order valence-electron chi connectivity index (χ2n) is 6.10. The minimum atomic E-state index is 0.107. The van der Waals surface area contributed by atoms with Crippen LogP contribution in [-0.2, 0) is 6.42 Å². The molecule has 26 heavy (non-hydrogen) atoms. The van der Waals surface area contributed by atoms with Gasteiger partial charge < -0.3 is 15.2 Å². The maximum absolute atomic E-state index is 6.32. The number of benzene rings is 1. The number of hydrogen-bond acceptors (Lipinski definition) is 5. The highest BCUT2D eigenvalue weighted by molar-refractivity contribution is 9.10. The van der Waals surface area contributed by atoms with Crippen molar-refractivity contribution in [3.63, 3.8) is 0 Å². The van der Waals surface area contributed by atoms with Crippen LogP contribution in [0.3, 0.4) is 0 Å². The third-order valence-corrected chi connectivity index (χ3v) is 5.02. The Kier molecular flexibility index (Phi) is 7.97. The minimum Gasteiger partial charge on any atom is -0.497 e. The van der Waals surface area contributed by atoms with Crippen LogP contribution in [0.2, 0.25) is 5.02 Å². The van der Waals surface area contributed by atoms with E-state index in [4.69, 9.17) is 26.8 Å². The highest BCUT2D eigenvalue weighted by Crippen LogP contribution is 2.29. The van der Waals surface area contributed by atoms with Crippen LogP contribution in [0.5, 0.6) is 11.6 Å². The molecule has 0 amide bonds. The van der Waals surface area contributed by atoms with Gasteiger partial charge in [-0.3, -0.25) is 0 Å². The van der Waals surface area contributed by atoms with Crippen LogP contribution in [0.1, 0.15) is 50.8 Å². The lowest BCUT2D eigenvalue weighted by molar-refractivity contribution is 0.171. The summed E-state index contributed by atoms with van der Waals surface area (Å²) in [6.07, 6.45) is 4.65. The molecule has 5 nitrogen and oxygen atoms in total. The van der Waals surface area contributed by atoms with Crippen molar-refractivity contribution in [1.82, 2.24) is 9.97 Å². The number of rotatable bonds is 9. The minimum absolute atomic E-state index is 0.107. The Morgan fingerprint density at radius 2 is 1.88 bits per heavy atom. The Morgan fingerprint density at radius 3 is 2.46 bits per heavy atom. The fourth-order valence-corrected chi connectivity index (χ4v) is 3.32. The van der Waals surface area contributed by atoms with Crippen molar-refractivity contribution in [2.24, 2.45) is 0 Å². The van der Waals surface area contributed by atoms with E-state index in [1.165, 1.54) is 0 Å². The molecule has 0 unspecified atom stereocenters. The Labute approximate surface area is 168 Å². The predicted octanol–water partition coefficient (Wildman–Crippen LogP) is 5.42. The van der Waals surface area contributed by atoms with Crippen molar-refractivity contribution in [1.29, 1.82) is 0 Å². The van der Waals surface area contributed by atoms with E-state index in [0.29, 0.717) is 39.2 Å². The molecule has 0 aliphatic carbocycles. The van der Waals surface area contributed by atoms with Crippen LogP contribution in [0, 0.1) is 0 Å². The average Bonchev–Trinajstić information content (AvgIpc) is 2.61. The topological polar surface area (TPSA) is 70.3 Å². The molecule has 0 atom stereocenters. The maximum atomic E-state index is 6.32. The second kappa shape index (κ2) is 9.97. The Hall–Kier alpha value is -1.53. The molecule has 0 saturated heterocycles. The van der Waals surface area contributed by atoms with E-state index in [0.717, 1.165) is 31.2 Å². The molecule has 1 aromatic heterocycles. The molecular formula is C19H25BrClN3O2. The Balaban J connectivity index is 2.20. The highest BCUT2D eigenvalue weighted by atomic mass is 79.9. The molecule has 2 aromatic rings. The molecule has 1 heterocycles. The molecule has 0 bridgehead atoms. The van der Waals surface area contributed by atoms with Gasteiger partial charge in [0.15, 0.2) is 5.82 Å². The molecule has 2 N–H and O–H groups in total. The van der Waals surface area contributed by atoms with E-state index in [2.05, 4.69) is 39.7 Å². The van der Waals surface area contributed by atoms with Gasteiger partial charge in [0.25, 0.3) is 5.88 Å². The van der Waals surface area contributed by atoms with Crippen LogP contribution in [-0.4, -0.2) is 23.2 Å². The Morgan fingerprint density at radius 1 is 1.19 bits per heavy atom. The second-order valence-corrected chi connectivity index (χ2v) is 7.26.